The highest BCUT2D eigenvalue weighted by Crippen LogP contribution is 2.33. The maximum absolute atomic E-state index is 13.0. The molecule has 0 saturated carbocycles. The van der Waals surface area contributed by atoms with Crippen molar-refractivity contribution in [2.45, 2.75) is 51.0 Å². The van der Waals surface area contributed by atoms with Crippen LogP contribution in [0, 0.1) is 0 Å². The Morgan fingerprint density at radius 3 is 2.65 bits per heavy atom. The normalized spacial score (nSPS) is 22.8. The summed E-state index contributed by atoms with van der Waals surface area (Å²) in [6.45, 7) is 3.07. The molecule has 112 valence electrons. The molecule has 1 aromatic carbocycles. The Hall–Kier alpha value is -1.07. The van der Waals surface area contributed by atoms with E-state index in [2.05, 4.69) is 4.90 Å². The molecule has 0 aliphatic carbocycles. The fourth-order valence-corrected chi connectivity index (χ4v) is 2.96. The molecule has 1 fully saturated rings. The van der Waals surface area contributed by atoms with Gasteiger partial charge in [-0.2, -0.15) is 13.2 Å². The molecule has 2 N–H and O–H groups in total. The van der Waals surface area contributed by atoms with Gasteiger partial charge in [0.1, 0.15) is 0 Å². The van der Waals surface area contributed by atoms with Crippen LogP contribution in [-0.4, -0.2) is 23.5 Å². The fraction of sp³-hybridized carbons (Fsp3) is 0.600. The number of halogens is 3. The Bertz CT molecular complexity index is 443. The van der Waals surface area contributed by atoms with E-state index in [0.29, 0.717) is 12.1 Å². The van der Waals surface area contributed by atoms with Crippen molar-refractivity contribution in [3.8, 4) is 0 Å². The molecular formula is C15H21F3N2. The predicted molar refractivity (Wildman–Crippen MR) is 73.1 cm³/mol. The lowest BCUT2D eigenvalue weighted by Gasteiger charge is -2.38. The highest BCUT2D eigenvalue weighted by atomic mass is 19.4. The largest absolute Gasteiger partial charge is 0.416 e. The Balaban J connectivity index is 2.20. The summed E-state index contributed by atoms with van der Waals surface area (Å²) in [5.41, 5.74) is 5.78. The number of nitrogens with two attached hydrogens (primary N) is 1. The van der Waals surface area contributed by atoms with Crippen molar-refractivity contribution in [1.82, 2.24) is 4.90 Å². The van der Waals surface area contributed by atoms with Crippen LogP contribution >= 0.6 is 0 Å². The molecule has 2 atom stereocenters. The smallest absolute Gasteiger partial charge is 0.327 e. The molecule has 20 heavy (non-hydrogen) atoms. The van der Waals surface area contributed by atoms with Gasteiger partial charge < -0.3 is 5.73 Å². The Kier molecular flexibility index (Phi) is 4.70. The summed E-state index contributed by atoms with van der Waals surface area (Å²) in [6, 6.07) is 5.97. The summed E-state index contributed by atoms with van der Waals surface area (Å²) in [4.78, 5) is 2.10. The van der Waals surface area contributed by atoms with Gasteiger partial charge in [-0.15, -0.1) is 0 Å². The molecule has 0 spiro atoms. The van der Waals surface area contributed by atoms with Gasteiger partial charge in [0.15, 0.2) is 0 Å². The van der Waals surface area contributed by atoms with Crippen LogP contribution < -0.4 is 5.73 Å². The van der Waals surface area contributed by atoms with Gasteiger partial charge in [0.2, 0.25) is 0 Å². The maximum Gasteiger partial charge on any atom is 0.416 e. The van der Waals surface area contributed by atoms with Gasteiger partial charge in [-0.3, -0.25) is 4.90 Å². The van der Waals surface area contributed by atoms with Crippen molar-refractivity contribution in [2.24, 2.45) is 5.73 Å². The number of hydrogen-bond acceptors (Lipinski definition) is 2. The summed E-state index contributed by atoms with van der Waals surface area (Å²) in [5.74, 6) is 0. The van der Waals surface area contributed by atoms with Gasteiger partial charge in [0.05, 0.1) is 5.56 Å². The molecule has 1 aliphatic heterocycles. The average Bonchev–Trinajstić information content (AvgIpc) is 2.38. The van der Waals surface area contributed by atoms with Crippen LogP contribution in [0.4, 0.5) is 13.2 Å². The minimum Gasteiger partial charge on any atom is -0.327 e. The predicted octanol–water partition coefficient (Wildman–Crippen LogP) is 3.41. The van der Waals surface area contributed by atoms with Crippen LogP contribution in [0.15, 0.2) is 24.3 Å². The average molecular weight is 286 g/mol. The van der Waals surface area contributed by atoms with Crippen molar-refractivity contribution < 1.29 is 13.2 Å². The maximum atomic E-state index is 13.0. The van der Waals surface area contributed by atoms with Crippen LogP contribution in [0.2, 0.25) is 0 Å². The molecule has 2 rings (SSSR count). The summed E-state index contributed by atoms with van der Waals surface area (Å²) >= 11 is 0. The molecule has 1 heterocycles. The van der Waals surface area contributed by atoms with Gasteiger partial charge in [-0.1, -0.05) is 24.6 Å². The second-order valence-electron chi connectivity index (χ2n) is 5.55. The van der Waals surface area contributed by atoms with Gasteiger partial charge in [-0.25, -0.2) is 0 Å². The SMILES string of the molecule is CC(N)C1CCCCN1Cc1ccccc1C(F)(F)F. The monoisotopic (exact) mass is 286 g/mol. The first-order valence-electron chi connectivity index (χ1n) is 7.04. The van der Waals surface area contributed by atoms with Gasteiger partial charge in [0, 0.05) is 18.6 Å². The van der Waals surface area contributed by atoms with E-state index in [0.717, 1.165) is 31.9 Å². The molecular weight excluding hydrogens is 265 g/mol. The summed E-state index contributed by atoms with van der Waals surface area (Å²) in [7, 11) is 0. The zero-order valence-electron chi connectivity index (χ0n) is 11.7. The Labute approximate surface area is 117 Å². The lowest BCUT2D eigenvalue weighted by Crippen LogP contribution is -2.48. The van der Waals surface area contributed by atoms with Crippen molar-refractivity contribution in [3.63, 3.8) is 0 Å². The van der Waals surface area contributed by atoms with Gasteiger partial charge in [0.25, 0.3) is 0 Å². The van der Waals surface area contributed by atoms with E-state index in [9.17, 15) is 13.2 Å². The van der Waals surface area contributed by atoms with E-state index >= 15 is 0 Å². The van der Waals surface area contributed by atoms with Crippen LogP contribution in [0.3, 0.4) is 0 Å². The first-order chi connectivity index (χ1) is 9.39. The number of piperidine rings is 1. The standard InChI is InChI=1S/C15H21F3N2/c1-11(19)14-8-4-5-9-20(14)10-12-6-2-3-7-13(12)15(16,17)18/h2-3,6-7,11,14H,4-5,8-10,19H2,1H3. The molecule has 1 saturated heterocycles. The summed E-state index contributed by atoms with van der Waals surface area (Å²) in [6.07, 6.45) is -1.21. The zero-order valence-corrected chi connectivity index (χ0v) is 11.7. The van der Waals surface area contributed by atoms with Crippen LogP contribution in [-0.2, 0) is 12.7 Å². The lowest BCUT2D eigenvalue weighted by atomic mass is 9.95. The van der Waals surface area contributed by atoms with Crippen LogP contribution in [0.25, 0.3) is 0 Å². The van der Waals surface area contributed by atoms with E-state index in [1.807, 2.05) is 6.92 Å². The highest BCUT2D eigenvalue weighted by Gasteiger charge is 2.34. The van der Waals surface area contributed by atoms with Crippen molar-refractivity contribution in [1.29, 1.82) is 0 Å². The number of hydrogen-bond donors (Lipinski definition) is 1. The van der Waals surface area contributed by atoms with Crippen molar-refractivity contribution in [3.05, 3.63) is 35.4 Å². The third-order valence-electron chi connectivity index (χ3n) is 3.97. The number of rotatable bonds is 3. The van der Waals surface area contributed by atoms with E-state index in [4.69, 9.17) is 5.73 Å². The summed E-state index contributed by atoms with van der Waals surface area (Å²) < 4.78 is 39.0. The number of nitrogens with zero attached hydrogens (tertiary/aromatic N) is 1. The van der Waals surface area contributed by atoms with E-state index in [1.54, 1.807) is 12.1 Å². The van der Waals surface area contributed by atoms with Crippen molar-refractivity contribution >= 4 is 0 Å². The molecule has 5 heteroatoms. The van der Waals surface area contributed by atoms with Crippen LogP contribution in [0.5, 0.6) is 0 Å². The Morgan fingerprint density at radius 1 is 1.30 bits per heavy atom. The number of alkyl halides is 3. The van der Waals surface area contributed by atoms with Gasteiger partial charge in [-0.05, 0) is 37.9 Å². The fourth-order valence-electron chi connectivity index (χ4n) is 2.96. The van der Waals surface area contributed by atoms with Gasteiger partial charge >= 0.3 is 6.18 Å². The number of benzene rings is 1. The molecule has 1 aromatic rings. The second-order valence-corrected chi connectivity index (χ2v) is 5.55. The minimum absolute atomic E-state index is 0.0200. The van der Waals surface area contributed by atoms with E-state index in [-0.39, 0.29) is 12.1 Å². The summed E-state index contributed by atoms with van der Waals surface area (Å²) in [5, 5.41) is 0. The molecule has 0 amide bonds. The molecule has 2 unspecified atom stereocenters. The molecule has 1 aliphatic rings. The molecule has 0 radical (unpaired) electrons. The molecule has 0 bridgehead atoms. The third-order valence-corrected chi connectivity index (χ3v) is 3.97. The minimum atomic E-state index is -4.30. The quantitative estimate of drug-likeness (QED) is 0.922. The third kappa shape index (κ3) is 3.52. The van der Waals surface area contributed by atoms with Crippen LogP contribution in [0.1, 0.15) is 37.3 Å². The first kappa shape index (κ1) is 15.3. The van der Waals surface area contributed by atoms with E-state index in [1.165, 1.54) is 6.07 Å². The number of likely N-dealkylation sites (tertiary alicyclic amines) is 1. The van der Waals surface area contributed by atoms with E-state index < -0.39 is 11.7 Å². The molecule has 2 nitrogen and oxygen atoms in total. The highest BCUT2D eigenvalue weighted by molar-refractivity contribution is 5.29. The first-order valence-corrected chi connectivity index (χ1v) is 7.04. The topological polar surface area (TPSA) is 29.3 Å². The lowest BCUT2D eigenvalue weighted by molar-refractivity contribution is -0.138. The Morgan fingerprint density at radius 2 is 2.00 bits per heavy atom. The van der Waals surface area contributed by atoms with Crippen molar-refractivity contribution in [2.75, 3.05) is 6.54 Å². The second kappa shape index (κ2) is 6.14. The molecule has 0 aromatic heterocycles. The zero-order chi connectivity index (χ0) is 14.8.